The van der Waals surface area contributed by atoms with Crippen LogP contribution in [0.1, 0.15) is 30.1 Å². The van der Waals surface area contributed by atoms with Crippen LogP contribution in [0.4, 0.5) is 0 Å². The molecular weight excluding hydrogens is 306 g/mol. The molecule has 1 fully saturated rings. The molecule has 0 saturated carbocycles. The molecule has 0 N–H and O–H groups in total. The van der Waals surface area contributed by atoms with Crippen molar-refractivity contribution in [2.45, 2.75) is 25.4 Å². The third-order valence-corrected chi connectivity index (χ3v) is 4.43. The van der Waals surface area contributed by atoms with E-state index in [0.29, 0.717) is 11.9 Å². The number of rotatable bonds is 6. The summed E-state index contributed by atoms with van der Waals surface area (Å²) in [5.74, 6) is 2.28. The minimum atomic E-state index is 0.291. The van der Waals surface area contributed by atoms with Crippen LogP contribution in [0.2, 0.25) is 0 Å². The number of hydrogen-bond acceptors (Lipinski definition) is 6. The summed E-state index contributed by atoms with van der Waals surface area (Å²) in [5, 5.41) is 8.30. The van der Waals surface area contributed by atoms with E-state index >= 15 is 0 Å². The Morgan fingerprint density at radius 3 is 2.58 bits per heavy atom. The van der Waals surface area contributed by atoms with E-state index in [-0.39, 0.29) is 0 Å². The largest absolute Gasteiger partial charge is 0.497 e. The Kier molecular flexibility index (Phi) is 5.15. The summed E-state index contributed by atoms with van der Waals surface area (Å²) < 4.78 is 16.0. The SMILES string of the molecule is COc1ccc(OC)c(C2CCCN2Cc2ccc(OC)nn2)c1. The lowest BCUT2D eigenvalue weighted by Crippen LogP contribution is -2.24. The van der Waals surface area contributed by atoms with Gasteiger partial charge in [-0.2, -0.15) is 5.10 Å². The van der Waals surface area contributed by atoms with Crippen molar-refractivity contribution < 1.29 is 14.2 Å². The predicted octanol–water partition coefficient (Wildman–Crippen LogP) is 2.84. The smallest absolute Gasteiger partial charge is 0.233 e. The van der Waals surface area contributed by atoms with Crippen molar-refractivity contribution in [3.63, 3.8) is 0 Å². The zero-order chi connectivity index (χ0) is 16.9. The van der Waals surface area contributed by atoms with Gasteiger partial charge in [0.2, 0.25) is 5.88 Å². The van der Waals surface area contributed by atoms with Gasteiger partial charge in [-0.05, 0) is 43.7 Å². The lowest BCUT2D eigenvalue weighted by Gasteiger charge is -2.26. The third-order valence-electron chi connectivity index (χ3n) is 4.43. The molecule has 1 aromatic carbocycles. The second-order valence-electron chi connectivity index (χ2n) is 5.80. The van der Waals surface area contributed by atoms with Crippen molar-refractivity contribution in [1.29, 1.82) is 0 Å². The van der Waals surface area contributed by atoms with Gasteiger partial charge in [-0.1, -0.05) is 0 Å². The first-order chi connectivity index (χ1) is 11.7. The van der Waals surface area contributed by atoms with Gasteiger partial charge in [0.15, 0.2) is 0 Å². The van der Waals surface area contributed by atoms with Crippen LogP contribution < -0.4 is 14.2 Å². The first-order valence-electron chi connectivity index (χ1n) is 8.07. The van der Waals surface area contributed by atoms with Gasteiger partial charge < -0.3 is 14.2 Å². The van der Waals surface area contributed by atoms with E-state index < -0.39 is 0 Å². The molecule has 3 rings (SSSR count). The maximum atomic E-state index is 5.56. The number of ether oxygens (including phenoxy) is 3. The highest BCUT2D eigenvalue weighted by Gasteiger charge is 2.29. The molecule has 6 heteroatoms. The highest BCUT2D eigenvalue weighted by atomic mass is 16.5. The predicted molar refractivity (Wildman–Crippen MR) is 90.5 cm³/mol. The second-order valence-corrected chi connectivity index (χ2v) is 5.80. The summed E-state index contributed by atoms with van der Waals surface area (Å²) in [7, 11) is 4.99. The van der Waals surface area contributed by atoms with Crippen LogP contribution in [0.5, 0.6) is 17.4 Å². The molecule has 0 spiro atoms. The first-order valence-corrected chi connectivity index (χ1v) is 8.07. The fourth-order valence-electron chi connectivity index (χ4n) is 3.22. The molecule has 0 amide bonds. The zero-order valence-corrected chi connectivity index (χ0v) is 14.4. The molecule has 1 aromatic heterocycles. The van der Waals surface area contributed by atoms with Crippen LogP contribution >= 0.6 is 0 Å². The summed E-state index contributed by atoms with van der Waals surface area (Å²) in [6, 6.07) is 10.1. The van der Waals surface area contributed by atoms with Crippen molar-refractivity contribution in [2.24, 2.45) is 0 Å². The van der Waals surface area contributed by atoms with Gasteiger partial charge in [0, 0.05) is 24.2 Å². The number of nitrogens with zero attached hydrogens (tertiary/aromatic N) is 3. The van der Waals surface area contributed by atoms with Crippen LogP contribution in [0.25, 0.3) is 0 Å². The van der Waals surface area contributed by atoms with Gasteiger partial charge in [-0.15, -0.1) is 5.10 Å². The first kappa shape index (κ1) is 16.5. The zero-order valence-electron chi connectivity index (χ0n) is 14.4. The van der Waals surface area contributed by atoms with Crippen molar-refractivity contribution >= 4 is 0 Å². The number of likely N-dealkylation sites (tertiary alicyclic amines) is 1. The number of hydrogen-bond donors (Lipinski definition) is 0. The Labute approximate surface area is 142 Å². The highest BCUT2D eigenvalue weighted by molar-refractivity contribution is 5.42. The Morgan fingerprint density at radius 1 is 1.04 bits per heavy atom. The minimum Gasteiger partial charge on any atom is -0.497 e. The van der Waals surface area contributed by atoms with Crippen LogP contribution in [0.15, 0.2) is 30.3 Å². The van der Waals surface area contributed by atoms with Crippen LogP contribution in [0.3, 0.4) is 0 Å². The molecule has 2 aromatic rings. The average Bonchev–Trinajstić information content (AvgIpc) is 3.09. The maximum Gasteiger partial charge on any atom is 0.233 e. The molecule has 0 aliphatic carbocycles. The molecule has 1 atom stereocenters. The van der Waals surface area contributed by atoms with E-state index in [1.54, 1.807) is 21.3 Å². The van der Waals surface area contributed by atoms with Crippen LogP contribution in [0, 0.1) is 0 Å². The number of methoxy groups -OCH3 is 3. The Bertz CT molecular complexity index is 676. The molecule has 1 aliphatic heterocycles. The van der Waals surface area contributed by atoms with Crippen molar-refractivity contribution in [1.82, 2.24) is 15.1 Å². The van der Waals surface area contributed by atoms with Gasteiger partial charge in [0.05, 0.1) is 27.0 Å². The van der Waals surface area contributed by atoms with Gasteiger partial charge >= 0.3 is 0 Å². The summed E-state index contributed by atoms with van der Waals surface area (Å²) in [6.45, 7) is 1.78. The van der Waals surface area contributed by atoms with E-state index in [9.17, 15) is 0 Å². The lowest BCUT2D eigenvalue weighted by atomic mass is 10.0. The molecular formula is C18H23N3O3. The molecule has 0 bridgehead atoms. The fourth-order valence-corrected chi connectivity index (χ4v) is 3.22. The van der Waals surface area contributed by atoms with Crippen LogP contribution in [-0.2, 0) is 6.54 Å². The Balaban J connectivity index is 1.82. The molecule has 1 aliphatic rings. The van der Waals surface area contributed by atoms with E-state index in [1.165, 1.54) is 0 Å². The molecule has 24 heavy (non-hydrogen) atoms. The van der Waals surface area contributed by atoms with E-state index in [4.69, 9.17) is 14.2 Å². The molecule has 2 heterocycles. The average molecular weight is 329 g/mol. The van der Waals surface area contributed by atoms with Crippen LogP contribution in [-0.4, -0.2) is 43.0 Å². The maximum absolute atomic E-state index is 5.56. The standard InChI is InChI=1S/C18H23N3O3/c1-22-14-7-8-17(23-2)15(11-14)16-5-4-10-21(16)12-13-6-9-18(24-3)20-19-13/h6-9,11,16H,4-5,10,12H2,1-3H3. The molecule has 1 saturated heterocycles. The van der Waals surface area contributed by atoms with E-state index in [2.05, 4.69) is 21.2 Å². The third kappa shape index (κ3) is 3.43. The quantitative estimate of drug-likeness (QED) is 0.812. The lowest BCUT2D eigenvalue weighted by molar-refractivity contribution is 0.238. The topological polar surface area (TPSA) is 56.7 Å². The van der Waals surface area contributed by atoms with Crippen molar-refractivity contribution in [3.8, 4) is 17.4 Å². The summed E-state index contributed by atoms with van der Waals surface area (Å²) in [4.78, 5) is 2.41. The molecule has 128 valence electrons. The molecule has 1 unspecified atom stereocenters. The summed E-state index contributed by atoms with van der Waals surface area (Å²) >= 11 is 0. The summed E-state index contributed by atoms with van der Waals surface area (Å²) in [5.41, 5.74) is 2.10. The van der Waals surface area contributed by atoms with Gasteiger partial charge in [-0.25, -0.2) is 0 Å². The Morgan fingerprint density at radius 2 is 1.92 bits per heavy atom. The van der Waals surface area contributed by atoms with Gasteiger partial charge in [0.25, 0.3) is 0 Å². The monoisotopic (exact) mass is 329 g/mol. The van der Waals surface area contributed by atoms with Crippen molar-refractivity contribution in [2.75, 3.05) is 27.9 Å². The number of benzene rings is 1. The van der Waals surface area contributed by atoms with E-state index in [1.807, 2.05) is 24.3 Å². The highest BCUT2D eigenvalue weighted by Crippen LogP contribution is 2.39. The minimum absolute atomic E-state index is 0.291. The van der Waals surface area contributed by atoms with Gasteiger partial charge in [0.1, 0.15) is 11.5 Å². The second kappa shape index (κ2) is 7.49. The Hall–Kier alpha value is -2.34. The fraction of sp³-hybridized carbons (Fsp3) is 0.444. The van der Waals surface area contributed by atoms with E-state index in [0.717, 1.165) is 48.7 Å². The normalized spacial score (nSPS) is 17.7. The van der Waals surface area contributed by atoms with Gasteiger partial charge in [-0.3, -0.25) is 4.90 Å². The molecule has 6 nitrogen and oxygen atoms in total. The van der Waals surface area contributed by atoms with Crippen molar-refractivity contribution in [3.05, 3.63) is 41.6 Å². The molecule has 0 radical (unpaired) electrons. The summed E-state index contributed by atoms with van der Waals surface area (Å²) in [6.07, 6.45) is 2.24. The number of aromatic nitrogens is 2.